The van der Waals surface area contributed by atoms with E-state index in [1.807, 2.05) is 6.92 Å². The smallest absolute Gasteiger partial charge is 0.322 e. The van der Waals surface area contributed by atoms with Gasteiger partial charge in [-0.2, -0.15) is 4.31 Å². The van der Waals surface area contributed by atoms with Crippen LogP contribution in [0.4, 0.5) is 6.01 Å². The van der Waals surface area contributed by atoms with Crippen LogP contribution >= 0.6 is 0 Å². The summed E-state index contributed by atoms with van der Waals surface area (Å²) < 4.78 is 43.5. The van der Waals surface area contributed by atoms with Gasteiger partial charge in [-0.25, -0.2) is 8.42 Å². The highest BCUT2D eigenvalue weighted by atomic mass is 32.2. The molecule has 1 unspecified atom stereocenters. The van der Waals surface area contributed by atoms with Crippen LogP contribution in [0.3, 0.4) is 0 Å². The van der Waals surface area contributed by atoms with E-state index >= 15 is 0 Å². The second kappa shape index (κ2) is 9.20. The summed E-state index contributed by atoms with van der Waals surface area (Å²) in [5.74, 6) is 0.701. The second-order valence-corrected chi connectivity index (χ2v) is 9.48. The molecule has 0 saturated carbocycles. The minimum Gasteiger partial charge on any atom is -0.497 e. The first-order valence-corrected chi connectivity index (χ1v) is 11.7. The molecule has 1 atom stereocenters. The first kappa shape index (κ1) is 22.7. The van der Waals surface area contributed by atoms with Crippen molar-refractivity contribution < 1.29 is 27.1 Å². The molecule has 2 aromatic carbocycles. The number of nitrogens with zero attached hydrogens (tertiary/aromatic N) is 3. The highest BCUT2D eigenvalue weighted by Crippen LogP contribution is 2.30. The summed E-state index contributed by atoms with van der Waals surface area (Å²) in [4.78, 5) is 13.1. The van der Waals surface area contributed by atoms with Crippen LogP contribution in [0, 0.1) is 6.92 Å². The van der Waals surface area contributed by atoms with Gasteiger partial charge < -0.3 is 13.9 Å². The number of aromatic nitrogens is 2. The first-order valence-electron chi connectivity index (χ1n) is 10.3. The number of hydrogen-bond acceptors (Lipinski definition) is 8. The zero-order valence-electron chi connectivity index (χ0n) is 18.4. The van der Waals surface area contributed by atoms with Gasteiger partial charge in [0, 0.05) is 18.2 Å². The molecule has 11 heteroatoms. The Bertz CT molecular complexity index is 1230. The number of hydrogen-bond donors (Lipinski definition) is 1. The Labute approximate surface area is 191 Å². The van der Waals surface area contributed by atoms with E-state index in [4.69, 9.17) is 13.9 Å². The fraction of sp³-hybridized carbons (Fsp3) is 0.318. The molecule has 0 spiro atoms. The zero-order valence-corrected chi connectivity index (χ0v) is 19.3. The lowest BCUT2D eigenvalue weighted by atomic mass is 10.2. The summed E-state index contributed by atoms with van der Waals surface area (Å²) in [5.41, 5.74) is 1.49. The third-order valence-electron chi connectivity index (χ3n) is 5.39. The largest absolute Gasteiger partial charge is 0.497 e. The summed E-state index contributed by atoms with van der Waals surface area (Å²) in [7, 11) is -0.769. The maximum absolute atomic E-state index is 13.1. The normalized spacial score (nSPS) is 16.5. The van der Waals surface area contributed by atoms with Gasteiger partial charge >= 0.3 is 6.01 Å². The minimum atomic E-state index is -3.82. The highest BCUT2D eigenvalue weighted by molar-refractivity contribution is 7.89. The van der Waals surface area contributed by atoms with Gasteiger partial charge in [-0.05, 0) is 44.0 Å². The summed E-state index contributed by atoms with van der Waals surface area (Å²) in [5, 5.41) is 10.4. The molecule has 174 valence electrons. The van der Waals surface area contributed by atoms with Crippen LogP contribution in [0.15, 0.2) is 51.8 Å². The third-order valence-corrected chi connectivity index (χ3v) is 7.31. The molecule has 1 aliphatic heterocycles. The van der Waals surface area contributed by atoms with Crippen molar-refractivity contribution >= 4 is 21.9 Å². The Morgan fingerprint density at radius 2 is 1.76 bits per heavy atom. The van der Waals surface area contributed by atoms with E-state index in [-0.39, 0.29) is 23.3 Å². The van der Waals surface area contributed by atoms with Crippen LogP contribution < -0.4 is 14.8 Å². The van der Waals surface area contributed by atoms with Crippen molar-refractivity contribution in [3.8, 4) is 23.0 Å². The second-order valence-electron chi connectivity index (χ2n) is 7.59. The van der Waals surface area contributed by atoms with Crippen molar-refractivity contribution in [1.82, 2.24) is 14.5 Å². The van der Waals surface area contributed by atoms with Gasteiger partial charge in [0.2, 0.25) is 21.8 Å². The van der Waals surface area contributed by atoms with Crippen LogP contribution in [0.25, 0.3) is 11.5 Å². The quantitative estimate of drug-likeness (QED) is 0.557. The molecule has 1 N–H and O–H groups in total. The molecule has 1 aromatic heterocycles. The van der Waals surface area contributed by atoms with Crippen molar-refractivity contribution in [2.24, 2.45) is 0 Å². The van der Waals surface area contributed by atoms with Gasteiger partial charge in [0.05, 0.1) is 19.1 Å². The molecule has 4 rings (SSSR count). The number of benzene rings is 2. The summed E-state index contributed by atoms with van der Waals surface area (Å²) in [6.07, 6.45) is 0.965. The molecule has 2 heterocycles. The lowest BCUT2D eigenvalue weighted by Gasteiger charge is -2.22. The highest BCUT2D eigenvalue weighted by Gasteiger charge is 2.39. The lowest BCUT2D eigenvalue weighted by molar-refractivity contribution is -0.119. The molecule has 3 aromatic rings. The van der Waals surface area contributed by atoms with Crippen molar-refractivity contribution in [1.29, 1.82) is 0 Å². The SMILES string of the molecule is COc1cc(OC)cc(-c2nnc(NC(=O)C3CCCN3S(=O)(=O)c3ccc(C)cc3)o2)c1. The summed E-state index contributed by atoms with van der Waals surface area (Å²) in [6.45, 7) is 2.13. The van der Waals surface area contributed by atoms with Gasteiger partial charge in [0.1, 0.15) is 17.5 Å². The fourth-order valence-corrected chi connectivity index (χ4v) is 5.30. The topological polar surface area (TPSA) is 124 Å². The molecular weight excluding hydrogens is 448 g/mol. The van der Waals surface area contributed by atoms with Crippen molar-refractivity contribution in [3.63, 3.8) is 0 Å². The predicted octanol–water partition coefficient (Wildman–Crippen LogP) is 2.85. The number of amides is 1. The molecule has 0 aliphatic carbocycles. The number of nitrogens with one attached hydrogen (secondary N) is 1. The van der Waals surface area contributed by atoms with Crippen LogP contribution in [-0.2, 0) is 14.8 Å². The molecule has 10 nitrogen and oxygen atoms in total. The maximum atomic E-state index is 13.1. The van der Waals surface area contributed by atoms with Crippen LogP contribution in [0.1, 0.15) is 18.4 Å². The molecule has 1 fully saturated rings. The van der Waals surface area contributed by atoms with E-state index in [9.17, 15) is 13.2 Å². The fourth-order valence-electron chi connectivity index (χ4n) is 3.65. The molecule has 0 radical (unpaired) electrons. The van der Waals surface area contributed by atoms with Gasteiger partial charge in [-0.1, -0.05) is 22.8 Å². The van der Waals surface area contributed by atoms with Crippen molar-refractivity contribution in [2.45, 2.75) is 30.7 Å². The van der Waals surface area contributed by atoms with E-state index in [1.165, 1.54) is 18.5 Å². The Kier molecular flexibility index (Phi) is 6.34. The lowest BCUT2D eigenvalue weighted by Crippen LogP contribution is -2.43. The van der Waals surface area contributed by atoms with Crippen LogP contribution in [0.5, 0.6) is 11.5 Å². The molecule has 33 heavy (non-hydrogen) atoms. The number of carbonyl (C=O) groups is 1. The number of rotatable bonds is 7. The zero-order chi connectivity index (χ0) is 23.6. The molecule has 0 bridgehead atoms. The minimum absolute atomic E-state index is 0.128. The molecular formula is C22H24N4O6S. The van der Waals surface area contributed by atoms with Crippen molar-refractivity contribution in [2.75, 3.05) is 26.1 Å². The number of aryl methyl sites for hydroxylation is 1. The summed E-state index contributed by atoms with van der Waals surface area (Å²) >= 11 is 0. The maximum Gasteiger partial charge on any atom is 0.322 e. The Balaban J connectivity index is 1.52. The molecule has 1 aliphatic rings. The van der Waals surface area contributed by atoms with Crippen LogP contribution in [-0.4, -0.2) is 55.6 Å². The van der Waals surface area contributed by atoms with Crippen molar-refractivity contribution in [3.05, 3.63) is 48.0 Å². The average Bonchev–Trinajstić information content (AvgIpc) is 3.49. The first-order chi connectivity index (χ1) is 15.8. The van der Waals surface area contributed by atoms with E-state index in [2.05, 4.69) is 15.5 Å². The molecule has 1 amide bonds. The number of methoxy groups -OCH3 is 2. The Hall–Kier alpha value is -3.44. The van der Waals surface area contributed by atoms with Crippen LogP contribution in [0.2, 0.25) is 0 Å². The van der Waals surface area contributed by atoms with E-state index in [1.54, 1.807) is 42.5 Å². The average molecular weight is 473 g/mol. The number of sulfonamides is 1. The number of carbonyl (C=O) groups excluding carboxylic acids is 1. The number of ether oxygens (including phenoxy) is 2. The molecule has 1 saturated heterocycles. The van der Waals surface area contributed by atoms with Gasteiger partial charge in [-0.3, -0.25) is 10.1 Å². The predicted molar refractivity (Wildman–Crippen MR) is 120 cm³/mol. The van der Waals surface area contributed by atoms with E-state index in [0.717, 1.165) is 5.56 Å². The third kappa shape index (κ3) is 4.69. The standard InChI is InChI=1S/C22H24N4O6S/c1-14-6-8-18(9-7-14)33(28,29)26-10-4-5-19(26)20(27)23-22-25-24-21(32-22)15-11-16(30-2)13-17(12-15)31-3/h6-9,11-13,19H,4-5,10H2,1-3H3,(H,23,25,27). The Morgan fingerprint density at radius 1 is 1.09 bits per heavy atom. The summed E-state index contributed by atoms with van der Waals surface area (Å²) in [6, 6.07) is 10.6. The van der Waals surface area contributed by atoms with Gasteiger partial charge in [0.25, 0.3) is 0 Å². The van der Waals surface area contributed by atoms with E-state index in [0.29, 0.717) is 29.9 Å². The Morgan fingerprint density at radius 3 is 2.39 bits per heavy atom. The number of anilines is 1. The van der Waals surface area contributed by atoms with E-state index < -0.39 is 22.0 Å². The monoisotopic (exact) mass is 472 g/mol. The van der Waals surface area contributed by atoms with Gasteiger partial charge in [-0.15, -0.1) is 5.10 Å². The van der Waals surface area contributed by atoms with Gasteiger partial charge in [0.15, 0.2) is 0 Å².